The van der Waals surface area contributed by atoms with Crippen LogP contribution in [0.4, 0.5) is 0 Å². The van der Waals surface area contributed by atoms with Crippen molar-refractivity contribution in [3.8, 4) is 67.5 Å². The third-order valence-electron chi connectivity index (χ3n) is 9.23. The van der Waals surface area contributed by atoms with Crippen LogP contribution < -0.4 is 0 Å². The quantitative estimate of drug-likeness (QED) is 0.181. The van der Waals surface area contributed by atoms with Gasteiger partial charge in [-0.15, -0.1) is 0 Å². The Kier molecular flexibility index (Phi) is 7.33. The molecule has 0 aliphatic heterocycles. The van der Waals surface area contributed by atoms with Crippen molar-refractivity contribution in [2.24, 2.45) is 0 Å². The lowest BCUT2D eigenvalue weighted by Gasteiger charge is -2.10. The molecule has 0 radical (unpaired) electrons. The minimum absolute atomic E-state index is 0.587. The number of hydrogen-bond acceptors (Lipinski definition) is 4. The molecule has 0 unspecified atom stereocenters. The molecule has 0 saturated carbocycles. The Morgan fingerprint density at radius 2 is 0.860 bits per heavy atom. The fraction of sp³-hybridized carbons (Fsp3) is 0.0217. The number of hydrogen-bond donors (Lipinski definition) is 0. The van der Waals surface area contributed by atoms with Crippen LogP contribution in [0.15, 0.2) is 174 Å². The second kappa shape index (κ2) is 12.4. The summed E-state index contributed by atoms with van der Waals surface area (Å²) in [5, 5.41) is 2.16. The fourth-order valence-electron chi connectivity index (χ4n) is 6.61. The maximum absolute atomic E-state index is 6.46. The minimum Gasteiger partial charge on any atom is -0.456 e. The van der Waals surface area contributed by atoms with Crippen LogP contribution in [0.1, 0.15) is 5.56 Å². The molecule has 0 aliphatic rings. The molecule has 2 heterocycles. The number of aryl methyl sites for hydroxylation is 1. The van der Waals surface area contributed by atoms with Crippen molar-refractivity contribution in [2.45, 2.75) is 6.92 Å². The average Bonchev–Trinajstić information content (AvgIpc) is 3.57. The molecule has 0 bridgehead atoms. The fourth-order valence-corrected chi connectivity index (χ4v) is 6.61. The third-order valence-corrected chi connectivity index (χ3v) is 9.23. The molecular formula is C46H31N3O. The van der Waals surface area contributed by atoms with Crippen molar-refractivity contribution in [1.29, 1.82) is 0 Å². The lowest BCUT2D eigenvalue weighted by atomic mass is 9.99. The number of fused-ring (bicyclic) bond motifs is 3. The van der Waals surface area contributed by atoms with Crippen molar-refractivity contribution in [2.75, 3.05) is 0 Å². The Morgan fingerprint density at radius 1 is 0.360 bits per heavy atom. The highest BCUT2D eigenvalue weighted by Gasteiger charge is 2.17. The predicted molar refractivity (Wildman–Crippen MR) is 204 cm³/mol. The summed E-state index contributed by atoms with van der Waals surface area (Å²) in [6, 6.07) is 58.7. The van der Waals surface area contributed by atoms with E-state index in [2.05, 4.69) is 146 Å². The zero-order valence-corrected chi connectivity index (χ0v) is 27.4. The van der Waals surface area contributed by atoms with E-state index in [-0.39, 0.29) is 0 Å². The van der Waals surface area contributed by atoms with Crippen LogP contribution in [0.5, 0.6) is 0 Å². The molecule has 9 rings (SSSR count). The summed E-state index contributed by atoms with van der Waals surface area (Å²) < 4.78 is 6.46. The van der Waals surface area contributed by atoms with Gasteiger partial charge in [-0.2, -0.15) is 0 Å². The van der Waals surface area contributed by atoms with Crippen molar-refractivity contribution in [1.82, 2.24) is 15.0 Å². The van der Waals surface area contributed by atoms with Crippen LogP contribution in [0.2, 0.25) is 0 Å². The first-order chi connectivity index (χ1) is 24.7. The highest BCUT2D eigenvalue weighted by atomic mass is 16.3. The van der Waals surface area contributed by atoms with Gasteiger partial charge in [0, 0.05) is 27.5 Å². The van der Waals surface area contributed by atoms with E-state index >= 15 is 0 Å². The van der Waals surface area contributed by atoms with Crippen LogP contribution >= 0.6 is 0 Å². The molecule has 2 aromatic heterocycles. The summed E-state index contributed by atoms with van der Waals surface area (Å²) >= 11 is 0. The Bertz CT molecular complexity index is 2630. The highest BCUT2D eigenvalue weighted by Crippen LogP contribution is 2.38. The van der Waals surface area contributed by atoms with Crippen LogP contribution in [0.25, 0.3) is 89.5 Å². The van der Waals surface area contributed by atoms with Gasteiger partial charge in [0.1, 0.15) is 11.2 Å². The molecule has 50 heavy (non-hydrogen) atoms. The first kappa shape index (κ1) is 29.5. The lowest BCUT2D eigenvalue weighted by Crippen LogP contribution is -2.00. The Balaban J connectivity index is 1.18. The highest BCUT2D eigenvalue weighted by molar-refractivity contribution is 6.13. The van der Waals surface area contributed by atoms with E-state index < -0.39 is 0 Å². The van der Waals surface area contributed by atoms with E-state index in [0.717, 1.165) is 66.4 Å². The molecule has 236 valence electrons. The molecule has 0 aliphatic carbocycles. The third kappa shape index (κ3) is 5.53. The Hall–Kier alpha value is -6.65. The van der Waals surface area contributed by atoms with Crippen LogP contribution in [-0.4, -0.2) is 15.0 Å². The summed E-state index contributed by atoms with van der Waals surface area (Å²) in [6.07, 6.45) is 0. The summed E-state index contributed by atoms with van der Waals surface area (Å²) in [5.74, 6) is 1.81. The zero-order valence-electron chi connectivity index (χ0n) is 27.4. The standard InChI is InChI=1S/C46H31N3O/c1-30-18-20-33(21-19-30)36-14-8-15-37(28-36)45-47-44(35-24-22-32(23-25-35)31-10-4-2-5-11-31)48-46(49-45)38-26-27-40-42(29-38)50-41-17-9-16-39(43(40)41)34-12-6-3-7-13-34/h2-29H,1H3. The van der Waals surface area contributed by atoms with Gasteiger partial charge in [0.05, 0.1) is 0 Å². The van der Waals surface area contributed by atoms with Gasteiger partial charge in [-0.25, -0.2) is 15.0 Å². The summed E-state index contributed by atoms with van der Waals surface area (Å²) in [4.78, 5) is 15.2. The van der Waals surface area contributed by atoms with Crippen LogP contribution in [0, 0.1) is 6.92 Å². The van der Waals surface area contributed by atoms with Gasteiger partial charge in [-0.05, 0) is 64.6 Å². The van der Waals surface area contributed by atoms with E-state index in [9.17, 15) is 0 Å². The second-order valence-electron chi connectivity index (χ2n) is 12.6. The number of aromatic nitrogens is 3. The summed E-state index contributed by atoms with van der Waals surface area (Å²) in [5.41, 5.74) is 12.4. The van der Waals surface area contributed by atoms with E-state index in [1.54, 1.807) is 0 Å². The summed E-state index contributed by atoms with van der Waals surface area (Å²) in [6.45, 7) is 2.10. The van der Waals surface area contributed by atoms with Crippen molar-refractivity contribution in [3.63, 3.8) is 0 Å². The van der Waals surface area contributed by atoms with Crippen molar-refractivity contribution >= 4 is 21.9 Å². The van der Waals surface area contributed by atoms with E-state index in [1.807, 2.05) is 30.3 Å². The monoisotopic (exact) mass is 641 g/mol. The van der Waals surface area contributed by atoms with E-state index in [4.69, 9.17) is 19.4 Å². The SMILES string of the molecule is Cc1ccc(-c2cccc(-c3nc(-c4ccc(-c5ccccc5)cc4)nc(-c4ccc5c(c4)oc4cccc(-c6ccccc6)c45)n3)c2)cc1. The van der Waals surface area contributed by atoms with Gasteiger partial charge in [-0.3, -0.25) is 0 Å². The molecule has 4 nitrogen and oxygen atoms in total. The van der Waals surface area contributed by atoms with Gasteiger partial charge in [0.15, 0.2) is 17.5 Å². The molecule has 0 spiro atoms. The first-order valence-corrected chi connectivity index (χ1v) is 16.8. The van der Waals surface area contributed by atoms with Crippen LogP contribution in [0.3, 0.4) is 0 Å². The topological polar surface area (TPSA) is 51.8 Å². The molecule has 4 heteroatoms. The maximum Gasteiger partial charge on any atom is 0.164 e. The number of nitrogens with zero attached hydrogens (tertiary/aromatic N) is 3. The van der Waals surface area contributed by atoms with Gasteiger partial charge in [0.25, 0.3) is 0 Å². The van der Waals surface area contributed by atoms with Crippen LogP contribution in [-0.2, 0) is 0 Å². The lowest BCUT2D eigenvalue weighted by molar-refractivity contribution is 0.669. The van der Waals surface area contributed by atoms with Crippen molar-refractivity contribution in [3.05, 3.63) is 175 Å². The van der Waals surface area contributed by atoms with E-state index in [1.165, 1.54) is 11.1 Å². The zero-order chi connectivity index (χ0) is 33.4. The molecule has 0 saturated heterocycles. The predicted octanol–water partition coefficient (Wildman–Crippen LogP) is 12.1. The molecule has 0 amide bonds. The smallest absolute Gasteiger partial charge is 0.164 e. The minimum atomic E-state index is 0.587. The Morgan fingerprint density at radius 3 is 1.58 bits per heavy atom. The average molecular weight is 642 g/mol. The molecule has 7 aromatic carbocycles. The van der Waals surface area contributed by atoms with Gasteiger partial charge in [-0.1, -0.05) is 151 Å². The molecule has 0 atom stereocenters. The summed E-state index contributed by atoms with van der Waals surface area (Å²) in [7, 11) is 0. The number of benzene rings is 7. The van der Waals surface area contributed by atoms with E-state index in [0.29, 0.717) is 17.5 Å². The van der Waals surface area contributed by atoms with Gasteiger partial charge >= 0.3 is 0 Å². The normalized spacial score (nSPS) is 11.3. The first-order valence-electron chi connectivity index (χ1n) is 16.8. The number of rotatable bonds is 6. The second-order valence-corrected chi connectivity index (χ2v) is 12.6. The van der Waals surface area contributed by atoms with Gasteiger partial charge in [0.2, 0.25) is 0 Å². The molecular weight excluding hydrogens is 611 g/mol. The molecule has 9 aromatic rings. The van der Waals surface area contributed by atoms with Crippen molar-refractivity contribution < 1.29 is 4.42 Å². The Labute approximate surface area is 290 Å². The largest absolute Gasteiger partial charge is 0.456 e. The van der Waals surface area contributed by atoms with Gasteiger partial charge < -0.3 is 4.42 Å². The maximum atomic E-state index is 6.46. The molecule has 0 fully saturated rings. The number of furan rings is 1. The molecule has 0 N–H and O–H groups in total.